The largest absolute Gasteiger partial charge is 0.496 e. The predicted octanol–water partition coefficient (Wildman–Crippen LogP) is 4.19. The lowest BCUT2D eigenvalue weighted by Crippen LogP contribution is -2.04. The minimum Gasteiger partial charge on any atom is -0.496 e. The molecule has 106 valence electrons. The molecular formula is C13H14Br2N4O. The molecule has 0 saturated carbocycles. The number of benzene rings is 1. The molecule has 1 aromatic heterocycles. The van der Waals surface area contributed by atoms with Crippen LogP contribution in [0.4, 0.5) is 17.5 Å². The van der Waals surface area contributed by atoms with Crippen LogP contribution in [0.1, 0.15) is 6.92 Å². The molecule has 0 radical (unpaired) electrons. The summed E-state index contributed by atoms with van der Waals surface area (Å²) in [6, 6.07) is 5.73. The minimum atomic E-state index is 0.589. The van der Waals surface area contributed by atoms with Crippen LogP contribution in [0.5, 0.6) is 5.75 Å². The molecule has 0 unspecified atom stereocenters. The summed E-state index contributed by atoms with van der Waals surface area (Å²) in [6.45, 7) is 2.77. The monoisotopic (exact) mass is 400 g/mol. The third-order valence-corrected chi connectivity index (χ3v) is 3.69. The van der Waals surface area contributed by atoms with Gasteiger partial charge in [0.05, 0.1) is 16.1 Å². The van der Waals surface area contributed by atoms with E-state index >= 15 is 0 Å². The lowest BCUT2D eigenvalue weighted by atomic mass is 10.3. The molecule has 0 aliphatic carbocycles. The summed E-state index contributed by atoms with van der Waals surface area (Å²) < 4.78 is 6.88. The van der Waals surface area contributed by atoms with E-state index in [9.17, 15) is 0 Å². The third kappa shape index (κ3) is 3.61. The standard InChI is InChI=1S/C13H14Br2N4O/c1-3-16-13-17-7-10(15)12(19-13)18-8-4-5-11(20-2)9(14)6-8/h4-7H,3H2,1-2H3,(H2,16,17,18,19). The summed E-state index contributed by atoms with van der Waals surface area (Å²) in [5.41, 5.74) is 0.902. The summed E-state index contributed by atoms with van der Waals surface area (Å²) in [6.07, 6.45) is 1.71. The highest BCUT2D eigenvalue weighted by Gasteiger charge is 2.07. The van der Waals surface area contributed by atoms with Gasteiger partial charge in [0.15, 0.2) is 0 Å². The molecule has 0 aliphatic heterocycles. The van der Waals surface area contributed by atoms with Crippen LogP contribution in [0.3, 0.4) is 0 Å². The van der Waals surface area contributed by atoms with E-state index in [1.165, 1.54) is 0 Å². The van der Waals surface area contributed by atoms with Crippen molar-refractivity contribution in [1.82, 2.24) is 9.97 Å². The maximum Gasteiger partial charge on any atom is 0.224 e. The highest BCUT2D eigenvalue weighted by Crippen LogP contribution is 2.30. The molecule has 2 aromatic rings. The normalized spacial score (nSPS) is 10.2. The van der Waals surface area contributed by atoms with Gasteiger partial charge in [-0.15, -0.1) is 0 Å². The van der Waals surface area contributed by atoms with E-state index in [-0.39, 0.29) is 0 Å². The number of nitrogens with one attached hydrogen (secondary N) is 2. The van der Waals surface area contributed by atoms with Crippen LogP contribution in [-0.4, -0.2) is 23.6 Å². The zero-order chi connectivity index (χ0) is 14.5. The van der Waals surface area contributed by atoms with Gasteiger partial charge in [0.1, 0.15) is 11.6 Å². The Hall–Kier alpha value is -1.34. The van der Waals surface area contributed by atoms with E-state index in [1.54, 1.807) is 13.3 Å². The maximum atomic E-state index is 5.21. The predicted molar refractivity (Wildman–Crippen MR) is 87.9 cm³/mol. The smallest absolute Gasteiger partial charge is 0.224 e. The molecule has 0 atom stereocenters. The van der Waals surface area contributed by atoms with E-state index in [1.807, 2.05) is 25.1 Å². The van der Waals surface area contributed by atoms with Gasteiger partial charge >= 0.3 is 0 Å². The Morgan fingerprint density at radius 2 is 2.05 bits per heavy atom. The average Bonchev–Trinajstić information content (AvgIpc) is 2.43. The van der Waals surface area contributed by atoms with Gasteiger partial charge in [-0.1, -0.05) is 0 Å². The molecular weight excluding hydrogens is 388 g/mol. The molecule has 5 nitrogen and oxygen atoms in total. The summed E-state index contributed by atoms with van der Waals surface area (Å²) >= 11 is 6.89. The van der Waals surface area contributed by atoms with Crippen molar-refractivity contribution in [3.05, 3.63) is 33.3 Å². The molecule has 0 fully saturated rings. The first-order valence-electron chi connectivity index (χ1n) is 6.01. The van der Waals surface area contributed by atoms with Gasteiger partial charge in [-0.3, -0.25) is 0 Å². The maximum absolute atomic E-state index is 5.21. The number of halogens is 2. The summed E-state index contributed by atoms with van der Waals surface area (Å²) in [4.78, 5) is 8.58. The third-order valence-electron chi connectivity index (χ3n) is 2.49. The molecule has 2 N–H and O–H groups in total. The molecule has 20 heavy (non-hydrogen) atoms. The fourth-order valence-corrected chi connectivity index (χ4v) is 2.41. The van der Waals surface area contributed by atoms with Crippen LogP contribution in [0.25, 0.3) is 0 Å². The first-order valence-corrected chi connectivity index (χ1v) is 7.59. The molecule has 0 bridgehead atoms. The van der Waals surface area contributed by atoms with Crippen molar-refractivity contribution < 1.29 is 4.74 Å². The number of methoxy groups -OCH3 is 1. The van der Waals surface area contributed by atoms with Crippen LogP contribution in [0.15, 0.2) is 33.3 Å². The Morgan fingerprint density at radius 3 is 2.70 bits per heavy atom. The number of aromatic nitrogens is 2. The number of hydrogen-bond donors (Lipinski definition) is 2. The van der Waals surface area contributed by atoms with Crippen LogP contribution in [0, 0.1) is 0 Å². The van der Waals surface area contributed by atoms with E-state index < -0.39 is 0 Å². The fraction of sp³-hybridized carbons (Fsp3) is 0.231. The van der Waals surface area contributed by atoms with Crippen molar-refractivity contribution in [3.8, 4) is 5.75 Å². The van der Waals surface area contributed by atoms with Crippen molar-refractivity contribution in [2.24, 2.45) is 0 Å². The number of rotatable bonds is 5. The van der Waals surface area contributed by atoms with Crippen molar-refractivity contribution in [2.45, 2.75) is 6.92 Å². The second-order valence-electron chi connectivity index (χ2n) is 3.89. The topological polar surface area (TPSA) is 59.1 Å². The molecule has 0 aliphatic rings. The number of ether oxygens (including phenoxy) is 1. The fourth-order valence-electron chi connectivity index (χ4n) is 1.58. The SMILES string of the molecule is CCNc1ncc(Br)c(Nc2ccc(OC)c(Br)c2)n1. The van der Waals surface area contributed by atoms with Crippen LogP contribution in [-0.2, 0) is 0 Å². The van der Waals surface area contributed by atoms with E-state index in [0.29, 0.717) is 11.8 Å². The molecule has 1 aromatic carbocycles. The number of anilines is 3. The Balaban J connectivity index is 2.24. The number of nitrogens with zero attached hydrogens (tertiary/aromatic N) is 2. The van der Waals surface area contributed by atoms with Crippen molar-refractivity contribution in [1.29, 1.82) is 0 Å². The van der Waals surface area contributed by atoms with Crippen molar-refractivity contribution in [2.75, 3.05) is 24.3 Å². The van der Waals surface area contributed by atoms with Crippen molar-refractivity contribution in [3.63, 3.8) is 0 Å². The van der Waals surface area contributed by atoms with Gasteiger partial charge in [-0.2, -0.15) is 4.98 Å². The second-order valence-corrected chi connectivity index (χ2v) is 5.60. The minimum absolute atomic E-state index is 0.589. The lowest BCUT2D eigenvalue weighted by molar-refractivity contribution is 0.412. The quantitative estimate of drug-likeness (QED) is 0.786. The van der Waals surface area contributed by atoms with Gasteiger partial charge in [0, 0.05) is 18.4 Å². The zero-order valence-electron chi connectivity index (χ0n) is 11.1. The highest BCUT2D eigenvalue weighted by molar-refractivity contribution is 9.11. The van der Waals surface area contributed by atoms with Gasteiger partial charge in [-0.05, 0) is 57.0 Å². The van der Waals surface area contributed by atoms with Crippen LogP contribution < -0.4 is 15.4 Å². The Labute approximate surface area is 134 Å². The van der Waals surface area contributed by atoms with Gasteiger partial charge in [0.25, 0.3) is 0 Å². The molecule has 2 rings (SSSR count). The first kappa shape index (κ1) is 15.1. The molecule has 7 heteroatoms. The van der Waals surface area contributed by atoms with Crippen LogP contribution >= 0.6 is 31.9 Å². The van der Waals surface area contributed by atoms with Gasteiger partial charge in [0.2, 0.25) is 5.95 Å². The second kappa shape index (κ2) is 6.90. The average molecular weight is 402 g/mol. The lowest BCUT2D eigenvalue weighted by Gasteiger charge is -2.11. The van der Waals surface area contributed by atoms with E-state index in [2.05, 4.69) is 52.5 Å². The molecule has 0 spiro atoms. The Bertz CT molecular complexity index is 607. The van der Waals surface area contributed by atoms with Gasteiger partial charge < -0.3 is 15.4 Å². The Morgan fingerprint density at radius 1 is 1.25 bits per heavy atom. The number of hydrogen-bond acceptors (Lipinski definition) is 5. The zero-order valence-corrected chi connectivity index (χ0v) is 14.2. The summed E-state index contributed by atoms with van der Waals surface area (Å²) in [5, 5.41) is 6.32. The van der Waals surface area contributed by atoms with Gasteiger partial charge in [-0.25, -0.2) is 4.98 Å². The molecule has 1 heterocycles. The summed E-state index contributed by atoms with van der Waals surface area (Å²) in [7, 11) is 1.64. The summed E-state index contributed by atoms with van der Waals surface area (Å²) in [5.74, 6) is 2.07. The van der Waals surface area contributed by atoms with E-state index in [0.717, 1.165) is 26.9 Å². The Kier molecular flexibility index (Phi) is 5.19. The van der Waals surface area contributed by atoms with Crippen molar-refractivity contribution >= 4 is 49.3 Å². The molecule has 0 saturated heterocycles. The van der Waals surface area contributed by atoms with E-state index in [4.69, 9.17) is 4.74 Å². The van der Waals surface area contributed by atoms with Crippen LogP contribution in [0.2, 0.25) is 0 Å². The highest BCUT2D eigenvalue weighted by atomic mass is 79.9. The first-order chi connectivity index (χ1) is 9.63. The molecule has 0 amide bonds.